The highest BCUT2D eigenvalue weighted by Gasteiger charge is 2.45. The Morgan fingerprint density at radius 3 is 2.72 bits per heavy atom. The molecule has 10 heteroatoms. The fraction of sp³-hybridized carbons (Fsp3) is 0.310. The van der Waals surface area contributed by atoms with Gasteiger partial charge in [-0.15, -0.1) is 0 Å². The lowest BCUT2D eigenvalue weighted by atomic mass is 9.98. The quantitative estimate of drug-likeness (QED) is 0.253. The van der Waals surface area contributed by atoms with Crippen molar-refractivity contribution >= 4 is 40.2 Å². The number of amides is 1. The number of nitrogens with zero attached hydrogens (tertiary/aromatic N) is 4. The molecule has 2 N–H and O–H groups in total. The molecule has 1 amide bonds. The summed E-state index contributed by atoms with van der Waals surface area (Å²) < 4.78 is 13.3. The number of alkyl carbamates (subject to hydrolysis) is 1. The Morgan fingerprint density at radius 2 is 2.00 bits per heavy atom. The molecule has 1 aliphatic carbocycles. The van der Waals surface area contributed by atoms with Crippen LogP contribution in [0.25, 0.3) is 11.0 Å². The Kier molecular flexibility index (Phi) is 7.06. The van der Waals surface area contributed by atoms with Crippen molar-refractivity contribution in [3.63, 3.8) is 0 Å². The van der Waals surface area contributed by atoms with Crippen LogP contribution in [0.3, 0.4) is 0 Å². The Bertz CT molecular complexity index is 1570. The lowest BCUT2D eigenvalue weighted by Gasteiger charge is -2.20. The number of rotatable bonds is 8. The highest BCUT2D eigenvalue weighted by molar-refractivity contribution is 6.32. The topological polar surface area (TPSA) is 114 Å². The summed E-state index contributed by atoms with van der Waals surface area (Å²) in [6, 6.07) is 17.3. The number of aromatic nitrogens is 3. The van der Waals surface area contributed by atoms with Crippen molar-refractivity contribution in [3.8, 4) is 17.6 Å². The first kappa shape index (κ1) is 26.3. The molecule has 0 aliphatic heterocycles. The van der Waals surface area contributed by atoms with E-state index in [9.17, 15) is 10.1 Å². The van der Waals surface area contributed by atoms with Gasteiger partial charge < -0.3 is 24.7 Å². The van der Waals surface area contributed by atoms with Gasteiger partial charge in [0.15, 0.2) is 5.82 Å². The number of halogens is 1. The van der Waals surface area contributed by atoms with Crippen LogP contribution in [0.15, 0.2) is 61.1 Å². The van der Waals surface area contributed by atoms with Gasteiger partial charge in [-0.05, 0) is 75.6 Å². The molecule has 2 aromatic carbocycles. The van der Waals surface area contributed by atoms with Gasteiger partial charge in [0.1, 0.15) is 29.9 Å². The number of benzene rings is 2. The van der Waals surface area contributed by atoms with Crippen molar-refractivity contribution < 1.29 is 14.3 Å². The van der Waals surface area contributed by atoms with Gasteiger partial charge in [-0.3, -0.25) is 0 Å². The van der Waals surface area contributed by atoms with Crippen LogP contribution in [0.5, 0.6) is 11.5 Å². The van der Waals surface area contributed by atoms with Gasteiger partial charge >= 0.3 is 6.09 Å². The Labute approximate surface area is 231 Å². The van der Waals surface area contributed by atoms with Gasteiger partial charge in [0.2, 0.25) is 0 Å². The van der Waals surface area contributed by atoms with E-state index in [1.54, 1.807) is 12.1 Å². The number of carbonyl (C=O) groups excluding carboxylic acids is 1. The van der Waals surface area contributed by atoms with E-state index in [1.165, 1.54) is 6.33 Å². The zero-order chi connectivity index (χ0) is 27.6. The van der Waals surface area contributed by atoms with E-state index in [0.717, 1.165) is 35.1 Å². The van der Waals surface area contributed by atoms with E-state index in [2.05, 4.69) is 26.7 Å². The Balaban J connectivity index is 1.29. The molecule has 1 fully saturated rings. The van der Waals surface area contributed by atoms with Crippen molar-refractivity contribution in [2.75, 3.05) is 11.9 Å². The summed E-state index contributed by atoms with van der Waals surface area (Å²) in [5.41, 5.74) is 2.46. The third-order valence-electron chi connectivity index (χ3n) is 6.37. The van der Waals surface area contributed by atoms with E-state index in [1.807, 2.05) is 67.9 Å². The van der Waals surface area contributed by atoms with Crippen LogP contribution >= 0.6 is 11.6 Å². The highest BCUT2D eigenvalue weighted by Crippen LogP contribution is 2.48. The molecule has 0 atom stereocenters. The molecule has 0 radical (unpaired) electrons. The summed E-state index contributed by atoms with van der Waals surface area (Å²) in [6.45, 7) is 6.30. The zero-order valence-electron chi connectivity index (χ0n) is 22.0. The molecule has 0 saturated heterocycles. The van der Waals surface area contributed by atoms with Gasteiger partial charge in [-0.2, -0.15) is 5.26 Å². The first-order chi connectivity index (χ1) is 18.7. The summed E-state index contributed by atoms with van der Waals surface area (Å²) >= 11 is 6.58. The predicted molar refractivity (Wildman–Crippen MR) is 150 cm³/mol. The molecule has 39 heavy (non-hydrogen) atoms. The molecule has 1 aliphatic rings. The lowest BCUT2D eigenvalue weighted by molar-refractivity contribution is 0.134. The number of nitriles is 1. The predicted octanol–water partition coefficient (Wildman–Crippen LogP) is 6.70. The highest BCUT2D eigenvalue weighted by atomic mass is 35.5. The molecule has 2 heterocycles. The average Bonchev–Trinajstić information content (AvgIpc) is 3.59. The molecule has 5 rings (SSSR count). The van der Waals surface area contributed by atoms with E-state index in [-0.39, 0.29) is 17.6 Å². The van der Waals surface area contributed by atoms with E-state index in [0.29, 0.717) is 28.9 Å². The molecule has 0 spiro atoms. The minimum absolute atomic E-state index is 0.189. The summed E-state index contributed by atoms with van der Waals surface area (Å²) in [7, 11) is 0. The number of hydrogen-bond donors (Lipinski definition) is 2. The number of anilines is 2. The van der Waals surface area contributed by atoms with Crippen molar-refractivity contribution in [1.29, 1.82) is 5.26 Å². The summed E-state index contributed by atoms with van der Waals surface area (Å²) in [4.78, 5) is 20.8. The minimum Gasteiger partial charge on any atom is -0.456 e. The number of nitrogens with one attached hydrogen (secondary N) is 2. The lowest BCUT2D eigenvalue weighted by Crippen LogP contribution is -2.41. The third kappa shape index (κ3) is 6.07. The first-order valence-corrected chi connectivity index (χ1v) is 13.0. The average molecular weight is 545 g/mol. The van der Waals surface area contributed by atoms with Gasteiger partial charge in [0.25, 0.3) is 0 Å². The second kappa shape index (κ2) is 10.5. The molecule has 4 aromatic rings. The zero-order valence-corrected chi connectivity index (χ0v) is 22.7. The van der Waals surface area contributed by atoms with Crippen molar-refractivity contribution in [1.82, 2.24) is 19.9 Å². The number of carbonyl (C=O) groups is 1. The van der Waals surface area contributed by atoms with E-state index < -0.39 is 6.09 Å². The normalized spacial score (nSPS) is 13.9. The molecule has 1 saturated carbocycles. The van der Waals surface area contributed by atoms with Crippen LogP contribution in [0, 0.1) is 11.3 Å². The maximum absolute atomic E-state index is 12.0. The third-order valence-corrected chi connectivity index (χ3v) is 6.66. The van der Waals surface area contributed by atoms with Crippen molar-refractivity contribution in [2.24, 2.45) is 0 Å². The van der Waals surface area contributed by atoms with Gasteiger partial charge in [-0.25, -0.2) is 14.8 Å². The van der Waals surface area contributed by atoms with Crippen LogP contribution in [0.2, 0.25) is 5.02 Å². The maximum Gasteiger partial charge on any atom is 0.407 e. The fourth-order valence-electron chi connectivity index (χ4n) is 4.26. The van der Waals surface area contributed by atoms with Crippen LogP contribution in [-0.2, 0) is 16.7 Å². The SMILES string of the molecule is CC(C)(C)NC(=O)OCCn1ccc2ncnc(Nc3ccc(Oc4cccc(C5(C#N)CC5)c4)c(Cl)c3)c21. The first-order valence-electron chi connectivity index (χ1n) is 12.7. The number of fused-ring (bicyclic) bond motifs is 1. The molecular formula is C29H29ClN6O3. The molecule has 2 aromatic heterocycles. The summed E-state index contributed by atoms with van der Waals surface area (Å²) in [6.07, 6.45) is 4.64. The van der Waals surface area contributed by atoms with Gasteiger partial charge in [0.05, 0.1) is 28.6 Å². The molecule has 0 bridgehead atoms. The largest absolute Gasteiger partial charge is 0.456 e. The summed E-state index contributed by atoms with van der Waals surface area (Å²) in [5.74, 6) is 1.72. The minimum atomic E-state index is -0.464. The van der Waals surface area contributed by atoms with Crippen LogP contribution in [0.4, 0.5) is 16.3 Å². The fourth-order valence-corrected chi connectivity index (χ4v) is 4.48. The number of hydrogen-bond acceptors (Lipinski definition) is 7. The smallest absolute Gasteiger partial charge is 0.407 e. The van der Waals surface area contributed by atoms with Crippen LogP contribution < -0.4 is 15.4 Å². The van der Waals surface area contributed by atoms with Crippen LogP contribution in [0.1, 0.15) is 39.2 Å². The molecular weight excluding hydrogens is 516 g/mol. The molecule has 200 valence electrons. The van der Waals surface area contributed by atoms with Crippen molar-refractivity contribution in [2.45, 2.75) is 51.1 Å². The van der Waals surface area contributed by atoms with E-state index >= 15 is 0 Å². The van der Waals surface area contributed by atoms with Gasteiger partial charge in [0, 0.05) is 17.4 Å². The second-order valence-electron chi connectivity index (χ2n) is 10.6. The standard InChI is InChI=1S/C29H29ClN6O3/c1-28(2,3)35-27(37)38-14-13-36-12-9-23-25(36)26(33-18-32-23)34-20-7-8-24(22(30)16-20)39-21-6-4-5-19(15-21)29(17-31)10-11-29/h4-9,12,15-16,18H,10-11,13-14H2,1-3H3,(H,35,37)(H,32,33,34). The second-order valence-corrected chi connectivity index (χ2v) is 11.0. The van der Waals surface area contributed by atoms with Crippen molar-refractivity contribution in [3.05, 3.63) is 71.6 Å². The number of ether oxygens (including phenoxy) is 2. The molecule has 9 nitrogen and oxygen atoms in total. The molecule has 0 unspecified atom stereocenters. The summed E-state index contributed by atoms with van der Waals surface area (Å²) in [5, 5.41) is 16.0. The monoisotopic (exact) mass is 544 g/mol. The Hall–Kier alpha value is -4.29. The van der Waals surface area contributed by atoms with Crippen LogP contribution in [-0.4, -0.2) is 32.8 Å². The Morgan fingerprint density at radius 1 is 1.18 bits per heavy atom. The maximum atomic E-state index is 12.0. The van der Waals surface area contributed by atoms with E-state index in [4.69, 9.17) is 21.1 Å². The van der Waals surface area contributed by atoms with Gasteiger partial charge in [-0.1, -0.05) is 23.7 Å².